The van der Waals surface area contributed by atoms with Gasteiger partial charge in [0, 0.05) is 10.7 Å². The molecule has 0 saturated carbocycles. The van der Waals surface area contributed by atoms with Gasteiger partial charge in [-0.3, -0.25) is 9.82 Å². The number of rotatable bonds is 4. The average Bonchev–Trinajstić information content (AvgIpc) is 3.11. The summed E-state index contributed by atoms with van der Waals surface area (Å²) in [5.74, 6) is 0. The summed E-state index contributed by atoms with van der Waals surface area (Å²) in [5, 5.41) is 6.69. The summed E-state index contributed by atoms with van der Waals surface area (Å²) < 4.78 is 28.5. The van der Waals surface area contributed by atoms with Gasteiger partial charge in [0.15, 0.2) is 0 Å². The van der Waals surface area contributed by atoms with Crippen LogP contribution in [0.4, 0.5) is 5.69 Å². The fourth-order valence-corrected chi connectivity index (χ4v) is 4.99. The molecule has 0 radical (unpaired) electrons. The Morgan fingerprint density at radius 2 is 2.05 bits per heavy atom. The quantitative estimate of drug-likeness (QED) is 0.697. The standard InChI is InChI=1S/C14H12BrN3O2S2/c1-9-2-3-11(10(15)8-9)18-22(19,20)14-5-4-13(21-14)12-6-7-16-17-12/h2-8,18H,1H3,(H,16,17). The molecule has 0 aliphatic carbocycles. The van der Waals surface area contributed by atoms with Crippen molar-refractivity contribution in [3.05, 3.63) is 52.6 Å². The third-order valence-corrected chi connectivity index (χ3v) is 6.61. The van der Waals surface area contributed by atoms with E-state index in [2.05, 4.69) is 30.8 Å². The van der Waals surface area contributed by atoms with Crippen molar-refractivity contribution in [2.75, 3.05) is 4.72 Å². The number of benzene rings is 1. The lowest BCUT2D eigenvalue weighted by molar-refractivity contribution is 0.603. The number of nitrogens with one attached hydrogen (secondary N) is 2. The Bertz CT molecular complexity index is 902. The van der Waals surface area contributed by atoms with E-state index < -0.39 is 10.0 Å². The molecule has 0 bridgehead atoms. The number of nitrogens with zero attached hydrogens (tertiary/aromatic N) is 1. The molecule has 2 heterocycles. The molecule has 3 rings (SSSR count). The summed E-state index contributed by atoms with van der Waals surface area (Å²) in [6.45, 7) is 1.94. The monoisotopic (exact) mass is 397 g/mol. The van der Waals surface area contributed by atoms with Crippen molar-refractivity contribution < 1.29 is 8.42 Å². The molecule has 114 valence electrons. The number of halogens is 1. The van der Waals surface area contributed by atoms with Crippen LogP contribution in [0.5, 0.6) is 0 Å². The van der Waals surface area contributed by atoms with Crippen molar-refractivity contribution >= 4 is 43.0 Å². The molecule has 0 saturated heterocycles. The van der Waals surface area contributed by atoms with E-state index in [0.717, 1.165) is 16.1 Å². The van der Waals surface area contributed by atoms with E-state index in [4.69, 9.17) is 0 Å². The Hall–Kier alpha value is -1.64. The maximum absolute atomic E-state index is 12.5. The lowest BCUT2D eigenvalue weighted by Gasteiger charge is -2.08. The second kappa shape index (κ2) is 5.86. The number of aryl methyl sites for hydroxylation is 1. The molecule has 0 aliphatic heterocycles. The zero-order valence-electron chi connectivity index (χ0n) is 11.5. The molecular formula is C14H12BrN3O2S2. The Kier molecular flexibility index (Phi) is 4.07. The largest absolute Gasteiger partial charge is 0.278 e. The van der Waals surface area contributed by atoms with Crippen molar-refractivity contribution in [3.63, 3.8) is 0 Å². The highest BCUT2D eigenvalue weighted by Crippen LogP contribution is 2.32. The third kappa shape index (κ3) is 3.08. The van der Waals surface area contributed by atoms with Crippen molar-refractivity contribution in [3.8, 4) is 10.6 Å². The Labute approximate surface area is 140 Å². The molecule has 0 amide bonds. The SMILES string of the molecule is Cc1ccc(NS(=O)(=O)c2ccc(-c3ccn[nH]3)s2)c(Br)c1. The first-order chi connectivity index (χ1) is 10.5. The van der Waals surface area contributed by atoms with E-state index in [-0.39, 0.29) is 4.21 Å². The molecule has 0 unspecified atom stereocenters. The van der Waals surface area contributed by atoms with Gasteiger partial charge in [-0.15, -0.1) is 11.3 Å². The van der Waals surface area contributed by atoms with Crippen LogP contribution >= 0.6 is 27.3 Å². The van der Waals surface area contributed by atoms with Crippen LogP contribution in [0, 0.1) is 6.92 Å². The molecule has 0 atom stereocenters. The van der Waals surface area contributed by atoms with E-state index in [1.54, 1.807) is 30.5 Å². The number of sulfonamides is 1. The number of thiophene rings is 1. The summed E-state index contributed by atoms with van der Waals surface area (Å²) in [5.41, 5.74) is 2.36. The van der Waals surface area contributed by atoms with E-state index >= 15 is 0 Å². The summed E-state index contributed by atoms with van der Waals surface area (Å²) in [7, 11) is -3.61. The minimum Gasteiger partial charge on any atom is -0.278 e. The summed E-state index contributed by atoms with van der Waals surface area (Å²) in [4.78, 5) is 0.820. The lowest BCUT2D eigenvalue weighted by Crippen LogP contribution is -2.11. The smallest absolute Gasteiger partial charge is 0.271 e. The highest BCUT2D eigenvalue weighted by Gasteiger charge is 2.19. The molecule has 8 heteroatoms. The number of H-pyrrole nitrogens is 1. The first kappa shape index (κ1) is 15.3. The van der Waals surface area contributed by atoms with Crippen LogP contribution in [0.2, 0.25) is 0 Å². The van der Waals surface area contributed by atoms with Crippen LogP contribution in [0.25, 0.3) is 10.6 Å². The predicted octanol–water partition coefficient (Wildman–Crippen LogP) is 4.01. The van der Waals surface area contributed by atoms with Gasteiger partial charge in [-0.1, -0.05) is 6.07 Å². The normalized spacial score (nSPS) is 11.5. The van der Waals surface area contributed by atoms with Crippen LogP contribution in [0.15, 0.2) is 51.3 Å². The molecule has 5 nitrogen and oxygen atoms in total. The molecule has 0 aliphatic rings. The molecule has 0 fully saturated rings. The molecule has 0 spiro atoms. The first-order valence-corrected chi connectivity index (χ1v) is 9.43. The number of anilines is 1. The van der Waals surface area contributed by atoms with Crippen LogP contribution in [0.1, 0.15) is 5.56 Å². The highest BCUT2D eigenvalue weighted by molar-refractivity contribution is 9.10. The van der Waals surface area contributed by atoms with Crippen molar-refractivity contribution in [1.29, 1.82) is 0 Å². The maximum atomic E-state index is 12.5. The van der Waals surface area contributed by atoms with Crippen LogP contribution in [-0.4, -0.2) is 18.6 Å². The van der Waals surface area contributed by atoms with E-state index in [1.807, 2.05) is 19.1 Å². The Morgan fingerprint density at radius 1 is 1.23 bits per heavy atom. The molecule has 2 N–H and O–H groups in total. The van der Waals surface area contributed by atoms with E-state index in [9.17, 15) is 8.42 Å². The Morgan fingerprint density at radius 3 is 2.73 bits per heavy atom. The molecule has 2 aromatic heterocycles. The third-order valence-electron chi connectivity index (χ3n) is 2.98. The highest BCUT2D eigenvalue weighted by atomic mass is 79.9. The fraction of sp³-hybridized carbons (Fsp3) is 0.0714. The molecule has 22 heavy (non-hydrogen) atoms. The van der Waals surface area contributed by atoms with Gasteiger partial charge in [0.25, 0.3) is 10.0 Å². The number of hydrogen-bond acceptors (Lipinski definition) is 4. The zero-order valence-corrected chi connectivity index (χ0v) is 14.7. The fourth-order valence-electron chi connectivity index (χ4n) is 1.90. The second-order valence-corrected chi connectivity index (χ2v) is 8.53. The minimum absolute atomic E-state index is 0.254. The van der Waals surface area contributed by atoms with Gasteiger partial charge in [0.05, 0.1) is 16.3 Å². The predicted molar refractivity (Wildman–Crippen MR) is 91.6 cm³/mol. The molecular weight excluding hydrogens is 386 g/mol. The number of hydrogen-bond donors (Lipinski definition) is 2. The first-order valence-electron chi connectivity index (χ1n) is 6.34. The van der Waals surface area contributed by atoms with Gasteiger partial charge in [0.1, 0.15) is 4.21 Å². The average molecular weight is 398 g/mol. The van der Waals surface area contributed by atoms with Crippen molar-refractivity contribution in [2.45, 2.75) is 11.1 Å². The van der Waals surface area contributed by atoms with Gasteiger partial charge in [0.2, 0.25) is 0 Å². The van der Waals surface area contributed by atoms with Crippen molar-refractivity contribution in [1.82, 2.24) is 10.2 Å². The van der Waals surface area contributed by atoms with E-state index in [0.29, 0.717) is 10.2 Å². The zero-order chi connectivity index (χ0) is 15.7. The molecule has 1 aromatic carbocycles. The number of aromatic nitrogens is 2. The second-order valence-electron chi connectivity index (χ2n) is 4.68. The van der Waals surface area contributed by atoms with Crippen LogP contribution in [0.3, 0.4) is 0 Å². The van der Waals surface area contributed by atoms with Crippen LogP contribution in [-0.2, 0) is 10.0 Å². The van der Waals surface area contributed by atoms with Gasteiger partial charge in [-0.25, -0.2) is 8.42 Å². The van der Waals surface area contributed by atoms with Gasteiger partial charge in [-0.2, -0.15) is 5.10 Å². The lowest BCUT2D eigenvalue weighted by atomic mass is 10.2. The summed E-state index contributed by atoms with van der Waals surface area (Å²) >= 11 is 4.56. The van der Waals surface area contributed by atoms with E-state index in [1.165, 1.54) is 11.3 Å². The molecule has 3 aromatic rings. The van der Waals surface area contributed by atoms with Gasteiger partial charge >= 0.3 is 0 Å². The summed E-state index contributed by atoms with van der Waals surface area (Å²) in [6.07, 6.45) is 1.63. The van der Waals surface area contributed by atoms with Gasteiger partial charge < -0.3 is 0 Å². The minimum atomic E-state index is -3.61. The topological polar surface area (TPSA) is 74.8 Å². The summed E-state index contributed by atoms with van der Waals surface area (Å²) in [6, 6.07) is 10.6. The Balaban J connectivity index is 1.90. The maximum Gasteiger partial charge on any atom is 0.271 e. The number of aromatic amines is 1. The van der Waals surface area contributed by atoms with Crippen molar-refractivity contribution in [2.24, 2.45) is 0 Å². The van der Waals surface area contributed by atoms with Crippen LogP contribution < -0.4 is 4.72 Å². The van der Waals surface area contributed by atoms with Gasteiger partial charge in [-0.05, 0) is 58.7 Å².